The minimum Gasteiger partial charge on any atom is -0.298 e. The van der Waals surface area contributed by atoms with Crippen molar-refractivity contribution in [2.75, 3.05) is 0 Å². The molecule has 1 rings (SSSR count). The first-order valence-electron chi connectivity index (χ1n) is 4.97. The molecule has 5 heteroatoms. The van der Waals surface area contributed by atoms with Gasteiger partial charge in [-0.2, -0.15) is 0 Å². The third-order valence-corrected chi connectivity index (χ3v) is 4.34. The number of carbonyl (C=O) groups excluding carboxylic acids is 1. The lowest BCUT2D eigenvalue weighted by atomic mass is 9.95. The molecule has 4 nitrogen and oxygen atoms in total. The Labute approximate surface area is 85.1 Å². The second kappa shape index (κ2) is 4.40. The molecule has 1 aliphatic carbocycles. The van der Waals surface area contributed by atoms with E-state index in [1.54, 1.807) is 13.8 Å². The van der Waals surface area contributed by atoms with Crippen molar-refractivity contribution in [3.8, 4) is 0 Å². The maximum Gasteiger partial charge on any atom is 0.214 e. The average Bonchev–Trinajstić information content (AvgIpc) is 2.08. The Morgan fingerprint density at radius 1 is 1.36 bits per heavy atom. The van der Waals surface area contributed by atoms with E-state index in [0.717, 1.165) is 12.8 Å². The molecule has 0 bridgehead atoms. The molecule has 0 aromatic carbocycles. The number of carbonyl (C=O) groups is 1. The van der Waals surface area contributed by atoms with E-state index in [-0.39, 0.29) is 5.78 Å². The van der Waals surface area contributed by atoms with Crippen LogP contribution in [0.3, 0.4) is 0 Å². The van der Waals surface area contributed by atoms with Crippen molar-refractivity contribution >= 4 is 15.8 Å². The predicted octanol–water partition coefficient (Wildman–Crippen LogP) is 0.826. The summed E-state index contributed by atoms with van der Waals surface area (Å²) in [5.74, 6) is 0.0282. The second-order valence-corrected chi connectivity index (χ2v) is 6.24. The molecule has 1 saturated carbocycles. The number of nitrogens with one attached hydrogen (secondary N) is 1. The number of Topliss-reactive ketones (excluding diaryl/α,β-unsaturated/α-hetero) is 1. The molecule has 0 heterocycles. The highest BCUT2D eigenvalue weighted by Crippen LogP contribution is 2.15. The van der Waals surface area contributed by atoms with Gasteiger partial charge in [0.2, 0.25) is 10.0 Å². The normalized spacial score (nSPS) is 24.2. The van der Waals surface area contributed by atoms with Crippen molar-refractivity contribution in [3.05, 3.63) is 0 Å². The summed E-state index contributed by atoms with van der Waals surface area (Å²) in [6.07, 6.45) is 2.96. The number of ketones is 1. The first kappa shape index (κ1) is 11.7. The van der Waals surface area contributed by atoms with Crippen molar-refractivity contribution < 1.29 is 13.2 Å². The van der Waals surface area contributed by atoms with Crippen molar-refractivity contribution in [3.63, 3.8) is 0 Å². The minimum absolute atomic E-state index is 0.0282. The summed E-state index contributed by atoms with van der Waals surface area (Å²) >= 11 is 0. The van der Waals surface area contributed by atoms with Gasteiger partial charge in [0.15, 0.2) is 5.78 Å². The molecule has 1 atom stereocenters. The molecule has 0 aliphatic heterocycles. The monoisotopic (exact) mass is 219 g/mol. The molecule has 0 radical (unpaired) electrons. The van der Waals surface area contributed by atoms with Crippen LogP contribution in [0.1, 0.15) is 39.5 Å². The number of sulfonamides is 1. The van der Waals surface area contributed by atoms with E-state index < -0.39 is 21.3 Å². The Bertz CT molecular complexity index is 308. The van der Waals surface area contributed by atoms with E-state index in [2.05, 4.69) is 4.72 Å². The van der Waals surface area contributed by atoms with Gasteiger partial charge in [-0.15, -0.1) is 0 Å². The second-order valence-electron chi connectivity index (χ2n) is 3.98. The zero-order chi connectivity index (χ0) is 10.8. The molecule has 1 unspecified atom stereocenters. The summed E-state index contributed by atoms with van der Waals surface area (Å²) in [5.41, 5.74) is 0. The van der Waals surface area contributed by atoms with Crippen LogP contribution in [0, 0.1) is 0 Å². The molecular weight excluding hydrogens is 202 g/mol. The van der Waals surface area contributed by atoms with E-state index in [9.17, 15) is 13.2 Å². The van der Waals surface area contributed by atoms with E-state index in [1.165, 1.54) is 0 Å². The fraction of sp³-hybridized carbons (Fsp3) is 0.889. The van der Waals surface area contributed by atoms with Crippen LogP contribution in [0.15, 0.2) is 0 Å². The highest BCUT2D eigenvalue weighted by Gasteiger charge is 2.27. The van der Waals surface area contributed by atoms with Crippen LogP contribution < -0.4 is 4.72 Å². The molecule has 1 fully saturated rings. The summed E-state index contributed by atoms with van der Waals surface area (Å²) in [7, 11) is -3.30. The Kier molecular flexibility index (Phi) is 3.66. The van der Waals surface area contributed by atoms with E-state index in [4.69, 9.17) is 0 Å². The van der Waals surface area contributed by atoms with Crippen molar-refractivity contribution in [2.24, 2.45) is 0 Å². The summed E-state index contributed by atoms with van der Waals surface area (Å²) in [4.78, 5) is 11.4. The zero-order valence-electron chi connectivity index (χ0n) is 8.62. The molecule has 0 amide bonds. The molecule has 0 aromatic rings. The summed E-state index contributed by atoms with van der Waals surface area (Å²) in [5, 5.41) is -0.475. The van der Waals surface area contributed by atoms with E-state index >= 15 is 0 Å². The molecule has 0 aromatic heterocycles. The van der Waals surface area contributed by atoms with Gasteiger partial charge >= 0.3 is 0 Å². The number of hydrogen-bond donors (Lipinski definition) is 1. The third kappa shape index (κ3) is 2.78. The van der Waals surface area contributed by atoms with Crippen LogP contribution in [0.4, 0.5) is 0 Å². The molecule has 0 saturated heterocycles. The Morgan fingerprint density at radius 2 is 2.00 bits per heavy atom. The molecule has 1 aliphatic rings. The van der Waals surface area contributed by atoms with Crippen molar-refractivity contribution in [2.45, 2.75) is 50.8 Å². The lowest BCUT2D eigenvalue weighted by molar-refractivity contribution is -0.122. The summed E-state index contributed by atoms with van der Waals surface area (Å²) in [6, 6.07) is -0.476. The summed E-state index contributed by atoms with van der Waals surface area (Å²) < 4.78 is 25.4. The highest BCUT2D eigenvalue weighted by molar-refractivity contribution is 7.90. The Morgan fingerprint density at radius 3 is 2.50 bits per heavy atom. The SMILES string of the molecule is CC(C)S(=O)(=O)NC1CCCCC1=O. The molecule has 0 spiro atoms. The quantitative estimate of drug-likeness (QED) is 0.764. The smallest absolute Gasteiger partial charge is 0.214 e. The van der Waals surface area contributed by atoms with Gasteiger partial charge in [0, 0.05) is 6.42 Å². The molecule has 14 heavy (non-hydrogen) atoms. The maximum absolute atomic E-state index is 11.5. The van der Waals surface area contributed by atoms with Crippen molar-refractivity contribution in [1.29, 1.82) is 0 Å². The van der Waals surface area contributed by atoms with Gasteiger partial charge in [-0.05, 0) is 26.7 Å². The zero-order valence-corrected chi connectivity index (χ0v) is 9.43. The Balaban J connectivity index is 2.63. The van der Waals surface area contributed by atoms with Crippen LogP contribution in [-0.2, 0) is 14.8 Å². The van der Waals surface area contributed by atoms with Gasteiger partial charge in [-0.3, -0.25) is 4.79 Å². The fourth-order valence-electron chi connectivity index (χ4n) is 1.44. The number of hydrogen-bond acceptors (Lipinski definition) is 3. The maximum atomic E-state index is 11.5. The summed E-state index contributed by atoms with van der Waals surface area (Å²) in [6.45, 7) is 3.21. The minimum atomic E-state index is -3.30. The van der Waals surface area contributed by atoms with Gasteiger partial charge in [0.25, 0.3) is 0 Å². The molecular formula is C9H17NO3S. The lowest BCUT2D eigenvalue weighted by Crippen LogP contribution is -2.44. The van der Waals surface area contributed by atoms with Crippen LogP contribution >= 0.6 is 0 Å². The van der Waals surface area contributed by atoms with Crippen LogP contribution in [0.2, 0.25) is 0 Å². The van der Waals surface area contributed by atoms with Crippen LogP contribution in [0.5, 0.6) is 0 Å². The van der Waals surface area contributed by atoms with Gasteiger partial charge in [-0.25, -0.2) is 13.1 Å². The van der Waals surface area contributed by atoms with E-state index in [0.29, 0.717) is 12.8 Å². The first-order valence-corrected chi connectivity index (χ1v) is 6.52. The van der Waals surface area contributed by atoms with Crippen LogP contribution in [0.25, 0.3) is 0 Å². The van der Waals surface area contributed by atoms with Gasteiger partial charge in [0.1, 0.15) is 0 Å². The Hall–Kier alpha value is -0.420. The molecule has 1 N–H and O–H groups in total. The number of rotatable bonds is 3. The highest BCUT2D eigenvalue weighted by atomic mass is 32.2. The standard InChI is InChI=1S/C9H17NO3S/c1-7(2)14(12,13)10-8-5-3-4-6-9(8)11/h7-8,10H,3-6H2,1-2H3. The largest absolute Gasteiger partial charge is 0.298 e. The predicted molar refractivity (Wildman–Crippen MR) is 54.5 cm³/mol. The average molecular weight is 219 g/mol. The third-order valence-electron chi connectivity index (χ3n) is 2.48. The fourth-order valence-corrected chi connectivity index (χ4v) is 2.36. The first-order chi connectivity index (χ1) is 6.43. The van der Waals surface area contributed by atoms with Crippen molar-refractivity contribution in [1.82, 2.24) is 4.72 Å². The topological polar surface area (TPSA) is 63.2 Å². The lowest BCUT2D eigenvalue weighted by Gasteiger charge is -2.22. The van der Waals surface area contributed by atoms with Gasteiger partial charge < -0.3 is 0 Å². The van der Waals surface area contributed by atoms with E-state index in [1.807, 2.05) is 0 Å². The molecule has 82 valence electrons. The van der Waals surface area contributed by atoms with Gasteiger partial charge in [0.05, 0.1) is 11.3 Å². The van der Waals surface area contributed by atoms with Gasteiger partial charge in [-0.1, -0.05) is 6.42 Å². The van der Waals surface area contributed by atoms with Crippen LogP contribution in [-0.4, -0.2) is 25.5 Å².